The fourth-order valence-corrected chi connectivity index (χ4v) is 4.72. The molecule has 0 saturated heterocycles. The van der Waals surface area contributed by atoms with Crippen LogP contribution in [0, 0.1) is 11.6 Å². The predicted octanol–water partition coefficient (Wildman–Crippen LogP) is 5.91. The average molecular weight is 666 g/mol. The molecule has 0 amide bonds. The standard InChI is InChI=1S/C14H11BrFNO3.C14H13BrFNO2/c1-8(9-2-4-11(16)5-3-9)17-7-10(14(19)20)6-12(15)13(17)18;1-9(11-2-4-12(16)5-3-11)17-7-10(8-18)6-13(15)14(17)19/h2-8H,1H3,(H,19,20);2-7,9,18H,8H2,1H3/t8-;9-/m00/s1. The Morgan fingerprint density at radius 1 is 0.795 bits per heavy atom. The SMILES string of the molecule is C[C@@H](c1ccc(F)cc1)n1cc(C(=O)O)cc(Br)c1=O.C[C@@H](c1ccc(F)cc1)n1cc(CO)cc(Br)c1=O. The van der Waals surface area contributed by atoms with E-state index in [-0.39, 0.29) is 45.4 Å². The minimum Gasteiger partial charge on any atom is -0.478 e. The molecule has 11 heteroatoms. The maximum Gasteiger partial charge on any atom is 0.337 e. The van der Waals surface area contributed by atoms with Crippen molar-refractivity contribution in [2.24, 2.45) is 0 Å². The maximum atomic E-state index is 12.9. The van der Waals surface area contributed by atoms with Crippen LogP contribution in [0.5, 0.6) is 0 Å². The Bertz CT molecular complexity index is 1590. The van der Waals surface area contributed by atoms with Gasteiger partial charge in [-0.3, -0.25) is 9.59 Å². The van der Waals surface area contributed by atoms with Gasteiger partial charge in [0.05, 0.1) is 33.2 Å². The van der Waals surface area contributed by atoms with Crippen molar-refractivity contribution in [2.45, 2.75) is 32.5 Å². The molecule has 0 unspecified atom stereocenters. The van der Waals surface area contributed by atoms with E-state index in [1.165, 1.54) is 45.7 Å². The number of rotatable bonds is 6. The van der Waals surface area contributed by atoms with Gasteiger partial charge < -0.3 is 19.3 Å². The molecule has 2 atom stereocenters. The molecule has 0 saturated carbocycles. The second-order valence-electron chi connectivity index (χ2n) is 8.62. The highest BCUT2D eigenvalue weighted by Crippen LogP contribution is 2.20. The molecule has 0 aliphatic carbocycles. The number of carboxylic acid groups (broad SMARTS) is 1. The van der Waals surface area contributed by atoms with Gasteiger partial charge >= 0.3 is 5.97 Å². The molecule has 2 N–H and O–H groups in total. The van der Waals surface area contributed by atoms with Crippen LogP contribution in [0.3, 0.4) is 0 Å². The van der Waals surface area contributed by atoms with Gasteiger partial charge in [-0.2, -0.15) is 0 Å². The van der Waals surface area contributed by atoms with Gasteiger partial charge in [0, 0.05) is 12.4 Å². The molecule has 0 bridgehead atoms. The van der Waals surface area contributed by atoms with Crippen molar-refractivity contribution in [3.63, 3.8) is 0 Å². The number of aliphatic hydroxyl groups is 1. The van der Waals surface area contributed by atoms with Gasteiger partial charge in [0.2, 0.25) is 0 Å². The number of hydrogen-bond acceptors (Lipinski definition) is 4. The summed E-state index contributed by atoms with van der Waals surface area (Å²) in [6.07, 6.45) is 2.89. The minimum atomic E-state index is -1.12. The maximum absolute atomic E-state index is 12.9. The fraction of sp³-hybridized carbons (Fsp3) is 0.179. The number of carbonyl (C=O) groups is 1. The van der Waals surface area contributed by atoms with Crippen LogP contribution in [0.15, 0.2) is 91.6 Å². The van der Waals surface area contributed by atoms with Crippen molar-refractivity contribution in [3.8, 4) is 0 Å². The highest BCUT2D eigenvalue weighted by Gasteiger charge is 2.15. The topological polar surface area (TPSA) is 102 Å². The normalized spacial score (nSPS) is 12.3. The Kier molecular flexibility index (Phi) is 10.1. The Balaban J connectivity index is 0.000000216. The number of aromatic carboxylic acids is 1. The third-order valence-electron chi connectivity index (χ3n) is 6.02. The molecule has 0 spiro atoms. The summed E-state index contributed by atoms with van der Waals surface area (Å²) in [6, 6.07) is 14.0. The smallest absolute Gasteiger partial charge is 0.337 e. The zero-order valence-electron chi connectivity index (χ0n) is 20.8. The third-order valence-corrected chi connectivity index (χ3v) is 7.16. The highest BCUT2D eigenvalue weighted by atomic mass is 79.9. The summed E-state index contributed by atoms with van der Waals surface area (Å²) in [5, 5.41) is 18.2. The van der Waals surface area contributed by atoms with Gasteiger partial charge in [-0.25, -0.2) is 13.6 Å². The quantitative estimate of drug-likeness (QED) is 0.267. The van der Waals surface area contributed by atoms with Crippen molar-refractivity contribution < 1.29 is 23.8 Å². The van der Waals surface area contributed by atoms with Gasteiger partial charge in [-0.05, 0) is 98.8 Å². The van der Waals surface area contributed by atoms with Gasteiger partial charge in [0.15, 0.2) is 0 Å². The minimum absolute atomic E-state index is 0.00503. The van der Waals surface area contributed by atoms with E-state index < -0.39 is 12.0 Å². The second-order valence-corrected chi connectivity index (χ2v) is 10.3. The summed E-state index contributed by atoms with van der Waals surface area (Å²) in [6.45, 7) is 3.45. The summed E-state index contributed by atoms with van der Waals surface area (Å²) in [5.74, 6) is -1.80. The number of pyridine rings is 2. The Hall–Kier alpha value is -3.41. The second kappa shape index (κ2) is 13.1. The molecule has 7 nitrogen and oxygen atoms in total. The lowest BCUT2D eigenvalue weighted by atomic mass is 10.1. The van der Waals surface area contributed by atoms with E-state index in [2.05, 4.69) is 31.9 Å². The largest absolute Gasteiger partial charge is 0.478 e. The number of carboxylic acids is 1. The Morgan fingerprint density at radius 3 is 1.62 bits per heavy atom. The van der Waals surface area contributed by atoms with Crippen LogP contribution < -0.4 is 11.1 Å². The average Bonchev–Trinajstić information content (AvgIpc) is 2.92. The van der Waals surface area contributed by atoms with Crippen LogP contribution in [0.2, 0.25) is 0 Å². The zero-order valence-corrected chi connectivity index (χ0v) is 24.0. The summed E-state index contributed by atoms with van der Waals surface area (Å²) < 4.78 is 29.2. The third kappa shape index (κ3) is 7.37. The Labute approximate surface area is 239 Å². The van der Waals surface area contributed by atoms with E-state index in [1.807, 2.05) is 6.92 Å². The zero-order chi connectivity index (χ0) is 28.9. The van der Waals surface area contributed by atoms with Crippen LogP contribution in [-0.4, -0.2) is 25.3 Å². The first-order chi connectivity index (χ1) is 18.4. The van der Waals surface area contributed by atoms with Crippen molar-refractivity contribution >= 4 is 37.8 Å². The molecular weight excluding hydrogens is 642 g/mol. The number of benzene rings is 2. The van der Waals surface area contributed by atoms with E-state index in [4.69, 9.17) is 5.11 Å². The molecule has 2 aromatic heterocycles. The molecule has 0 radical (unpaired) electrons. The van der Waals surface area contributed by atoms with Crippen molar-refractivity contribution in [1.29, 1.82) is 0 Å². The lowest BCUT2D eigenvalue weighted by molar-refractivity contribution is 0.0695. The lowest BCUT2D eigenvalue weighted by Gasteiger charge is -2.17. The highest BCUT2D eigenvalue weighted by molar-refractivity contribution is 9.10. The molecule has 0 aliphatic rings. The monoisotopic (exact) mass is 664 g/mol. The fourth-order valence-electron chi connectivity index (χ4n) is 3.77. The molecule has 4 rings (SSSR count). The van der Waals surface area contributed by atoms with E-state index in [0.29, 0.717) is 15.6 Å². The van der Waals surface area contributed by atoms with E-state index in [0.717, 1.165) is 5.56 Å². The molecular formula is C28H24Br2F2N2O5. The van der Waals surface area contributed by atoms with Crippen molar-refractivity contribution in [3.05, 3.63) is 137 Å². The van der Waals surface area contributed by atoms with Crippen molar-refractivity contribution in [2.75, 3.05) is 0 Å². The first kappa shape index (κ1) is 30.1. The van der Waals surface area contributed by atoms with Crippen LogP contribution in [0.1, 0.15) is 53.0 Å². The Morgan fingerprint density at radius 2 is 1.21 bits per heavy atom. The summed E-state index contributed by atoms with van der Waals surface area (Å²) in [4.78, 5) is 35.2. The van der Waals surface area contributed by atoms with E-state index in [1.54, 1.807) is 43.5 Å². The van der Waals surface area contributed by atoms with Gasteiger partial charge in [-0.1, -0.05) is 24.3 Å². The van der Waals surface area contributed by atoms with Gasteiger partial charge in [0.1, 0.15) is 11.6 Å². The van der Waals surface area contributed by atoms with Crippen molar-refractivity contribution in [1.82, 2.24) is 9.13 Å². The van der Waals surface area contributed by atoms with E-state index in [9.17, 15) is 28.3 Å². The molecule has 2 heterocycles. The first-order valence-corrected chi connectivity index (χ1v) is 13.2. The molecule has 204 valence electrons. The van der Waals surface area contributed by atoms with E-state index >= 15 is 0 Å². The number of aromatic nitrogens is 2. The number of nitrogens with zero attached hydrogens (tertiary/aromatic N) is 2. The van der Waals surface area contributed by atoms with Crippen LogP contribution in [0.4, 0.5) is 8.78 Å². The number of halogens is 4. The van der Waals surface area contributed by atoms with Crippen LogP contribution in [0.25, 0.3) is 0 Å². The van der Waals surface area contributed by atoms with Gasteiger partial charge in [-0.15, -0.1) is 0 Å². The molecule has 4 aromatic rings. The van der Waals surface area contributed by atoms with Crippen LogP contribution in [-0.2, 0) is 6.61 Å². The predicted molar refractivity (Wildman–Crippen MR) is 150 cm³/mol. The first-order valence-electron chi connectivity index (χ1n) is 11.6. The lowest BCUT2D eigenvalue weighted by Crippen LogP contribution is -2.25. The van der Waals surface area contributed by atoms with Gasteiger partial charge in [0.25, 0.3) is 11.1 Å². The molecule has 39 heavy (non-hydrogen) atoms. The number of hydrogen-bond donors (Lipinski definition) is 2. The molecule has 0 aliphatic heterocycles. The number of aliphatic hydroxyl groups excluding tert-OH is 1. The summed E-state index contributed by atoms with van der Waals surface area (Å²) >= 11 is 6.25. The summed E-state index contributed by atoms with van der Waals surface area (Å²) in [5.41, 5.74) is 1.65. The summed E-state index contributed by atoms with van der Waals surface area (Å²) in [7, 11) is 0. The molecule has 0 fully saturated rings. The molecule has 2 aromatic carbocycles. The van der Waals surface area contributed by atoms with Crippen LogP contribution >= 0.6 is 31.9 Å².